The van der Waals surface area contributed by atoms with E-state index in [1.54, 1.807) is 17.0 Å². The molecule has 1 aliphatic heterocycles. The molecule has 0 bridgehead atoms. The number of amides is 1. The Bertz CT molecular complexity index is 501. The van der Waals surface area contributed by atoms with Gasteiger partial charge in [0.1, 0.15) is 11.7 Å². The number of rotatable bonds is 3. The van der Waals surface area contributed by atoms with Gasteiger partial charge in [0.2, 0.25) is 5.91 Å². The molecule has 0 spiro atoms. The van der Waals surface area contributed by atoms with Crippen molar-refractivity contribution in [2.75, 3.05) is 13.1 Å². The van der Waals surface area contributed by atoms with Gasteiger partial charge in [-0.1, -0.05) is 25.0 Å². The molecule has 1 atom stereocenters. The van der Waals surface area contributed by atoms with Crippen LogP contribution >= 0.6 is 0 Å². The topological polar surface area (TPSA) is 44.1 Å². The number of nitriles is 1. The van der Waals surface area contributed by atoms with Crippen LogP contribution in [0, 0.1) is 23.1 Å². The molecular weight excluding hydrogens is 255 g/mol. The molecule has 0 N–H and O–H groups in total. The van der Waals surface area contributed by atoms with E-state index in [-0.39, 0.29) is 18.1 Å². The van der Waals surface area contributed by atoms with Gasteiger partial charge in [-0.15, -0.1) is 0 Å². The van der Waals surface area contributed by atoms with Gasteiger partial charge in [-0.3, -0.25) is 4.79 Å². The number of likely N-dealkylation sites (tertiary alicyclic amines) is 1. The molecule has 1 aromatic carbocycles. The lowest BCUT2D eigenvalue weighted by Gasteiger charge is -2.22. The zero-order valence-corrected chi connectivity index (χ0v) is 11.5. The molecule has 1 unspecified atom stereocenters. The largest absolute Gasteiger partial charge is 0.342 e. The van der Waals surface area contributed by atoms with E-state index in [1.807, 2.05) is 0 Å². The summed E-state index contributed by atoms with van der Waals surface area (Å²) in [6.45, 7) is 1.47. The third-order valence-electron chi connectivity index (χ3n) is 3.70. The van der Waals surface area contributed by atoms with Crippen molar-refractivity contribution in [3.8, 4) is 6.07 Å². The van der Waals surface area contributed by atoms with Crippen molar-refractivity contribution in [2.45, 2.75) is 32.1 Å². The Morgan fingerprint density at radius 2 is 2.00 bits per heavy atom. The van der Waals surface area contributed by atoms with E-state index in [9.17, 15) is 14.4 Å². The number of benzene rings is 1. The summed E-state index contributed by atoms with van der Waals surface area (Å²) in [6, 6.07) is 8.19. The smallest absolute Gasteiger partial charge is 0.240 e. The fourth-order valence-corrected chi connectivity index (χ4v) is 2.60. The standard InChI is InChI=1S/C16H19FN2O/c17-15-7-5-6-13(11-15)10-14(12-18)16(20)19-8-3-1-2-4-9-19/h5-7,11,14H,1-4,8-10H2. The summed E-state index contributed by atoms with van der Waals surface area (Å²) in [7, 11) is 0. The predicted molar refractivity (Wildman–Crippen MR) is 74.3 cm³/mol. The van der Waals surface area contributed by atoms with Crippen LogP contribution in [0.15, 0.2) is 24.3 Å². The lowest BCUT2D eigenvalue weighted by Crippen LogP contribution is -2.37. The van der Waals surface area contributed by atoms with Crippen LogP contribution in [-0.2, 0) is 11.2 Å². The van der Waals surface area contributed by atoms with Crippen molar-refractivity contribution in [1.29, 1.82) is 5.26 Å². The molecule has 1 heterocycles. The van der Waals surface area contributed by atoms with E-state index in [0.717, 1.165) is 38.8 Å². The first kappa shape index (κ1) is 14.5. The minimum Gasteiger partial charge on any atom is -0.342 e. The zero-order valence-electron chi connectivity index (χ0n) is 11.5. The Kier molecular flexibility index (Phi) is 5.11. The number of carbonyl (C=O) groups excluding carboxylic acids is 1. The molecule has 1 saturated heterocycles. The van der Waals surface area contributed by atoms with Gasteiger partial charge in [0.05, 0.1) is 6.07 Å². The minimum atomic E-state index is -0.713. The van der Waals surface area contributed by atoms with E-state index >= 15 is 0 Å². The van der Waals surface area contributed by atoms with E-state index in [0.29, 0.717) is 5.56 Å². The van der Waals surface area contributed by atoms with Gasteiger partial charge in [-0.2, -0.15) is 5.26 Å². The summed E-state index contributed by atoms with van der Waals surface area (Å²) in [4.78, 5) is 14.2. The quantitative estimate of drug-likeness (QED) is 0.850. The van der Waals surface area contributed by atoms with E-state index in [4.69, 9.17) is 0 Å². The lowest BCUT2D eigenvalue weighted by atomic mass is 9.99. The Labute approximate surface area is 119 Å². The van der Waals surface area contributed by atoms with Crippen molar-refractivity contribution in [3.05, 3.63) is 35.6 Å². The number of carbonyl (C=O) groups is 1. The minimum absolute atomic E-state index is 0.112. The molecule has 1 aromatic rings. The molecule has 0 aliphatic carbocycles. The molecule has 1 aliphatic rings. The van der Waals surface area contributed by atoms with Crippen molar-refractivity contribution >= 4 is 5.91 Å². The maximum Gasteiger partial charge on any atom is 0.240 e. The lowest BCUT2D eigenvalue weighted by molar-refractivity contribution is -0.133. The molecule has 106 valence electrons. The molecular formula is C16H19FN2O. The van der Waals surface area contributed by atoms with Crippen LogP contribution in [0.2, 0.25) is 0 Å². The molecule has 0 saturated carbocycles. The van der Waals surface area contributed by atoms with Crippen molar-refractivity contribution < 1.29 is 9.18 Å². The highest BCUT2D eigenvalue weighted by atomic mass is 19.1. The van der Waals surface area contributed by atoms with Crippen LogP contribution in [0.4, 0.5) is 4.39 Å². The van der Waals surface area contributed by atoms with Gasteiger partial charge in [-0.05, 0) is 37.0 Å². The molecule has 1 amide bonds. The molecule has 0 radical (unpaired) electrons. The van der Waals surface area contributed by atoms with Gasteiger partial charge in [0.25, 0.3) is 0 Å². The highest BCUT2D eigenvalue weighted by Crippen LogP contribution is 2.16. The van der Waals surface area contributed by atoms with Gasteiger partial charge >= 0.3 is 0 Å². The summed E-state index contributed by atoms with van der Waals surface area (Å²) in [5, 5.41) is 9.24. The monoisotopic (exact) mass is 274 g/mol. The average molecular weight is 274 g/mol. The first-order chi connectivity index (χ1) is 9.70. The van der Waals surface area contributed by atoms with E-state index in [2.05, 4.69) is 6.07 Å². The summed E-state index contributed by atoms with van der Waals surface area (Å²) >= 11 is 0. The SMILES string of the molecule is N#CC(Cc1cccc(F)c1)C(=O)N1CCCCCC1. The van der Waals surface area contributed by atoms with Gasteiger partial charge < -0.3 is 4.90 Å². The van der Waals surface area contributed by atoms with Crippen LogP contribution < -0.4 is 0 Å². The Morgan fingerprint density at radius 1 is 1.30 bits per heavy atom. The Morgan fingerprint density at radius 3 is 2.60 bits per heavy atom. The molecule has 4 heteroatoms. The first-order valence-electron chi connectivity index (χ1n) is 7.13. The van der Waals surface area contributed by atoms with E-state index < -0.39 is 5.92 Å². The summed E-state index contributed by atoms with van der Waals surface area (Å²) in [5.41, 5.74) is 0.694. The van der Waals surface area contributed by atoms with Crippen molar-refractivity contribution in [3.63, 3.8) is 0 Å². The summed E-state index contributed by atoms with van der Waals surface area (Å²) in [6.07, 6.45) is 4.58. The average Bonchev–Trinajstić information content (AvgIpc) is 2.73. The highest BCUT2D eigenvalue weighted by molar-refractivity contribution is 5.81. The third-order valence-corrected chi connectivity index (χ3v) is 3.70. The molecule has 3 nitrogen and oxygen atoms in total. The van der Waals surface area contributed by atoms with E-state index in [1.165, 1.54) is 12.1 Å². The van der Waals surface area contributed by atoms with Crippen LogP contribution in [0.5, 0.6) is 0 Å². The number of halogens is 1. The second-order valence-corrected chi connectivity index (χ2v) is 5.26. The molecule has 1 fully saturated rings. The third kappa shape index (κ3) is 3.80. The fraction of sp³-hybridized carbons (Fsp3) is 0.500. The zero-order chi connectivity index (χ0) is 14.4. The Balaban J connectivity index is 2.03. The van der Waals surface area contributed by atoms with Crippen LogP contribution in [0.25, 0.3) is 0 Å². The van der Waals surface area contributed by atoms with Gasteiger partial charge in [-0.25, -0.2) is 4.39 Å². The second kappa shape index (κ2) is 7.04. The molecule has 0 aromatic heterocycles. The molecule has 2 rings (SSSR count). The molecule has 20 heavy (non-hydrogen) atoms. The number of hydrogen-bond acceptors (Lipinski definition) is 2. The predicted octanol–water partition coefficient (Wildman–Crippen LogP) is 2.91. The number of hydrogen-bond donors (Lipinski definition) is 0. The normalized spacial score (nSPS) is 17.1. The summed E-state index contributed by atoms with van der Waals surface area (Å²) in [5.74, 6) is -1.16. The maximum atomic E-state index is 13.2. The maximum absolute atomic E-state index is 13.2. The van der Waals surface area contributed by atoms with Gasteiger partial charge in [0.15, 0.2) is 0 Å². The van der Waals surface area contributed by atoms with Crippen LogP contribution in [-0.4, -0.2) is 23.9 Å². The second-order valence-electron chi connectivity index (χ2n) is 5.26. The Hall–Kier alpha value is -1.89. The summed E-state index contributed by atoms with van der Waals surface area (Å²) < 4.78 is 13.2. The first-order valence-corrected chi connectivity index (χ1v) is 7.13. The van der Waals surface area contributed by atoms with Crippen molar-refractivity contribution in [2.24, 2.45) is 5.92 Å². The fourth-order valence-electron chi connectivity index (χ4n) is 2.60. The van der Waals surface area contributed by atoms with Crippen molar-refractivity contribution in [1.82, 2.24) is 4.90 Å². The highest BCUT2D eigenvalue weighted by Gasteiger charge is 2.25. The van der Waals surface area contributed by atoms with Crippen LogP contribution in [0.1, 0.15) is 31.2 Å². The van der Waals surface area contributed by atoms with Crippen LogP contribution in [0.3, 0.4) is 0 Å². The number of nitrogens with zero attached hydrogens (tertiary/aromatic N) is 2. The van der Waals surface area contributed by atoms with Gasteiger partial charge in [0, 0.05) is 13.1 Å².